The largest absolute Gasteiger partial charge is 0.103 e. The van der Waals surface area contributed by atoms with Crippen molar-refractivity contribution in [2.75, 3.05) is 0 Å². The average Bonchev–Trinajstić information content (AvgIpc) is 2.37. The summed E-state index contributed by atoms with van der Waals surface area (Å²) < 4.78 is 0. The predicted octanol–water partition coefficient (Wildman–Crippen LogP) is 4.60. The molecule has 0 atom stereocenters. The Morgan fingerprint density at radius 3 is 1.22 bits per heavy atom. The van der Waals surface area contributed by atoms with Crippen LogP contribution in [0.2, 0.25) is 0 Å². The molecule has 0 aliphatic rings. The molecule has 0 saturated heterocycles. The van der Waals surface area contributed by atoms with E-state index in [-0.39, 0.29) is 0 Å². The molecule has 1 rings (SSSR count). The van der Waals surface area contributed by atoms with Crippen LogP contribution < -0.4 is 0 Å². The van der Waals surface area contributed by atoms with Gasteiger partial charge in [0, 0.05) is 0 Å². The molecule has 0 aliphatic carbocycles. The summed E-state index contributed by atoms with van der Waals surface area (Å²) in [5.41, 5.74) is 5.44. The van der Waals surface area contributed by atoms with Gasteiger partial charge in [0.25, 0.3) is 0 Å². The molecule has 1 aromatic rings. The summed E-state index contributed by atoms with van der Waals surface area (Å²) in [5.74, 6) is 0. The highest BCUT2D eigenvalue weighted by Gasteiger charge is 2.09. The van der Waals surface area contributed by atoms with Crippen LogP contribution >= 0.6 is 0 Å². The van der Waals surface area contributed by atoms with Crippen molar-refractivity contribution < 1.29 is 0 Å². The Hall–Kier alpha value is -1.82. The summed E-state index contributed by atoms with van der Waals surface area (Å²) in [6.45, 7) is 15.4. The van der Waals surface area contributed by atoms with E-state index in [9.17, 15) is 0 Å². The maximum atomic E-state index is 3.86. The molecule has 0 bridgehead atoms. The van der Waals surface area contributed by atoms with Gasteiger partial charge in [0.15, 0.2) is 0 Å². The fourth-order valence-electron chi connectivity index (χ4n) is 2.28. The second-order valence-electron chi connectivity index (χ2n) is 4.31. The van der Waals surface area contributed by atoms with Crippen LogP contribution in [0.5, 0.6) is 0 Å². The van der Waals surface area contributed by atoms with Gasteiger partial charge in [-0.15, -0.1) is 26.3 Å². The van der Waals surface area contributed by atoms with Crippen LogP contribution in [0.1, 0.15) is 22.3 Å². The quantitative estimate of drug-likeness (QED) is 0.581. The molecule has 0 fully saturated rings. The number of benzene rings is 1. The molecular weight excluding hydrogens is 216 g/mol. The van der Waals surface area contributed by atoms with Crippen molar-refractivity contribution in [2.24, 2.45) is 0 Å². The molecular formula is C18H22. The lowest BCUT2D eigenvalue weighted by atomic mass is 9.89. The zero-order valence-corrected chi connectivity index (χ0v) is 11.1. The van der Waals surface area contributed by atoms with Crippen molar-refractivity contribution in [1.29, 1.82) is 0 Å². The van der Waals surface area contributed by atoms with E-state index >= 15 is 0 Å². The van der Waals surface area contributed by atoms with Crippen molar-refractivity contribution >= 4 is 0 Å². The van der Waals surface area contributed by atoms with Crippen molar-refractivity contribution in [1.82, 2.24) is 0 Å². The van der Waals surface area contributed by atoms with Gasteiger partial charge in [-0.3, -0.25) is 0 Å². The van der Waals surface area contributed by atoms with Gasteiger partial charge < -0.3 is 0 Å². The van der Waals surface area contributed by atoms with E-state index in [0.717, 1.165) is 25.7 Å². The molecule has 0 amide bonds. The van der Waals surface area contributed by atoms with Crippen LogP contribution in [-0.4, -0.2) is 0 Å². The molecule has 94 valence electrons. The topological polar surface area (TPSA) is 0 Å². The first kappa shape index (κ1) is 14.2. The fraction of sp³-hybridized carbons (Fsp3) is 0.222. The Morgan fingerprint density at radius 1 is 0.611 bits per heavy atom. The van der Waals surface area contributed by atoms with Gasteiger partial charge in [-0.05, 0) is 47.9 Å². The van der Waals surface area contributed by atoms with E-state index in [1.807, 2.05) is 24.3 Å². The maximum absolute atomic E-state index is 3.86. The third kappa shape index (κ3) is 3.33. The molecule has 0 unspecified atom stereocenters. The van der Waals surface area contributed by atoms with Gasteiger partial charge >= 0.3 is 0 Å². The summed E-state index contributed by atoms with van der Waals surface area (Å²) in [6, 6.07) is 4.40. The van der Waals surface area contributed by atoms with E-state index in [1.54, 1.807) is 0 Å². The SMILES string of the molecule is C=CCc1ccc(CC=C)c(CC=C)c1CC=C. The minimum absolute atomic E-state index is 0.900. The van der Waals surface area contributed by atoms with E-state index < -0.39 is 0 Å². The van der Waals surface area contributed by atoms with Crippen molar-refractivity contribution in [3.8, 4) is 0 Å². The Morgan fingerprint density at radius 2 is 0.944 bits per heavy atom. The summed E-state index contributed by atoms with van der Waals surface area (Å²) >= 11 is 0. The minimum atomic E-state index is 0.900. The molecule has 0 spiro atoms. The fourth-order valence-corrected chi connectivity index (χ4v) is 2.28. The molecule has 0 heterocycles. The molecule has 0 heteroatoms. The predicted molar refractivity (Wildman–Crippen MR) is 82.0 cm³/mol. The van der Waals surface area contributed by atoms with Gasteiger partial charge in [0.2, 0.25) is 0 Å². The molecule has 18 heavy (non-hydrogen) atoms. The van der Waals surface area contributed by atoms with Crippen molar-refractivity contribution in [2.45, 2.75) is 25.7 Å². The third-order valence-electron chi connectivity index (χ3n) is 3.05. The van der Waals surface area contributed by atoms with Crippen LogP contribution in [0.4, 0.5) is 0 Å². The van der Waals surface area contributed by atoms with E-state index in [1.165, 1.54) is 22.3 Å². The highest BCUT2D eigenvalue weighted by Crippen LogP contribution is 2.23. The minimum Gasteiger partial charge on any atom is -0.103 e. The van der Waals surface area contributed by atoms with Gasteiger partial charge in [0.05, 0.1) is 0 Å². The Kier molecular flexibility index (Phi) is 5.93. The highest BCUT2D eigenvalue weighted by atomic mass is 14.1. The zero-order chi connectivity index (χ0) is 13.4. The van der Waals surface area contributed by atoms with E-state index in [4.69, 9.17) is 0 Å². The monoisotopic (exact) mass is 238 g/mol. The van der Waals surface area contributed by atoms with Gasteiger partial charge in [-0.1, -0.05) is 36.4 Å². The molecule has 0 aliphatic heterocycles. The normalized spacial score (nSPS) is 9.78. The van der Waals surface area contributed by atoms with Crippen LogP contribution in [0.15, 0.2) is 62.8 Å². The van der Waals surface area contributed by atoms with Gasteiger partial charge in [0.1, 0.15) is 0 Å². The lowest BCUT2D eigenvalue weighted by Crippen LogP contribution is -2.03. The third-order valence-corrected chi connectivity index (χ3v) is 3.05. The summed E-state index contributed by atoms with van der Waals surface area (Å²) in [7, 11) is 0. The van der Waals surface area contributed by atoms with Crippen LogP contribution in [0.25, 0.3) is 0 Å². The molecule has 0 nitrogen and oxygen atoms in total. The Bertz CT molecular complexity index is 406. The first-order chi connectivity index (χ1) is 8.78. The van der Waals surface area contributed by atoms with Crippen LogP contribution in [-0.2, 0) is 25.7 Å². The van der Waals surface area contributed by atoms with Crippen LogP contribution in [0, 0.1) is 0 Å². The lowest BCUT2D eigenvalue weighted by molar-refractivity contribution is 1.04. The Balaban J connectivity index is 3.35. The maximum Gasteiger partial charge on any atom is -0.00943 e. The molecule has 0 aromatic heterocycles. The first-order valence-corrected chi connectivity index (χ1v) is 6.34. The number of allylic oxidation sites excluding steroid dienone is 4. The molecule has 1 aromatic carbocycles. The number of hydrogen-bond donors (Lipinski definition) is 0. The van der Waals surface area contributed by atoms with E-state index in [2.05, 4.69) is 38.4 Å². The number of rotatable bonds is 8. The zero-order valence-electron chi connectivity index (χ0n) is 11.1. The second-order valence-corrected chi connectivity index (χ2v) is 4.31. The standard InChI is InChI=1S/C18H22/c1-5-9-15-13-14-16(10-6-2)18(12-8-4)17(15)11-7-3/h5-8,13-14H,1-4,9-12H2. The van der Waals surface area contributed by atoms with E-state index in [0.29, 0.717) is 0 Å². The second kappa shape index (κ2) is 7.50. The molecule has 0 radical (unpaired) electrons. The van der Waals surface area contributed by atoms with Crippen LogP contribution in [0.3, 0.4) is 0 Å². The smallest absolute Gasteiger partial charge is 0.00943 e. The number of hydrogen-bond acceptors (Lipinski definition) is 0. The summed E-state index contributed by atoms with van der Waals surface area (Å²) in [5, 5.41) is 0. The van der Waals surface area contributed by atoms with Crippen molar-refractivity contribution in [3.05, 3.63) is 85.0 Å². The highest BCUT2D eigenvalue weighted by molar-refractivity contribution is 5.44. The lowest BCUT2D eigenvalue weighted by Gasteiger charge is -2.16. The van der Waals surface area contributed by atoms with Gasteiger partial charge in [-0.2, -0.15) is 0 Å². The molecule has 0 N–H and O–H groups in total. The van der Waals surface area contributed by atoms with Crippen molar-refractivity contribution in [3.63, 3.8) is 0 Å². The Labute approximate surface area is 111 Å². The average molecular weight is 238 g/mol. The summed E-state index contributed by atoms with van der Waals surface area (Å²) in [6.07, 6.45) is 11.4. The molecule has 0 saturated carbocycles. The first-order valence-electron chi connectivity index (χ1n) is 6.34. The van der Waals surface area contributed by atoms with Gasteiger partial charge in [-0.25, -0.2) is 0 Å². The summed E-state index contributed by atoms with van der Waals surface area (Å²) in [4.78, 5) is 0.